The van der Waals surface area contributed by atoms with E-state index in [0.717, 1.165) is 12.3 Å². The Hall–Kier alpha value is -1.10. The zero-order chi connectivity index (χ0) is 13.8. The van der Waals surface area contributed by atoms with E-state index in [4.69, 9.17) is 10.5 Å². The third-order valence-electron chi connectivity index (χ3n) is 3.93. The summed E-state index contributed by atoms with van der Waals surface area (Å²) in [7, 11) is 3.69. The van der Waals surface area contributed by atoms with Crippen LogP contribution >= 0.6 is 0 Å². The van der Waals surface area contributed by atoms with Crippen LogP contribution in [0.5, 0.6) is 5.75 Å². The van der Waals surface area contributed by atoms with Gasteiger partial charge in [-0.25, -0.2) is 0 Å². The molecular weight excluding hydrogens is 240 g/mol. The van der Waals surface area contributed by atoms with E-state index < -0.39 is 0 Å². The lowest BCUT2D eigenvalue weighted by Gasteiger charge is -2.31. The van der Waals surface area contributed by atoms with E-state index in [0.29, 0.717) is 5.92 Å². The Morgan fingerprint density at radius 2 is 2.21 bits per heavy atom. The SMILES string of the molecule is COc1cccc(CN(C)C(CO)C(N)C2CC2)c1. The predicted molar refractivity (Wildman–Crippen MR) is 76.0 cm³/mol. The van der Waals surface area contributed by atoms with E-state index in [1.165, 1.54) is 18.4 Å². The van der Waals surface area contributed by atoms with Gasteiger partial charge in [0.1, 0.15) is 5.75 Å². The van der Waals surface area contributed by atoms with Crippen LogP contribution in [-0.2, 0) is 6.54 Å². The number of rotatable bonds is 7. The van der Waals surface area contributed by atoms with E-state index in [1.807, 2.05) is 25.2 Å². The van der Waals surface area contributed by atoms with Crippen LogP contribution in [0, 0.1) is 5.92 Å². The fourth-order valence-electron chi connectivity index (χ4n) is 2.53. The maximum atomic E-state index is 9.58. The number of aliphatic hydroxyl groups is 1. The summed E-state index contributed by atoms with van der Waals surface area (Å²) >= 11 is 0. The van der Waals surface area contributed by atoms with Gasteiger partial charge in [0.15, 0.2) is 0 Å². The average Bonchev–Trinajstić information content (AvgIpc) is 3.24. The van der Waals surface area contributed by atoms with Crippen molar-refractivity contribution in [1.29, 1.82) is 0 Å². The van der Waals surface area contributed by atoms with Gasteiger partial charge in [-0.3, -0.25) is 4.90 Å². The van der Waals surface area contributed by atoms with Gasteiger partial charge in [0.05, 0.1) is 13.7 Å². The second-order valence-corrected chi connectivity index (χ2v) is 5.43. The Labute approximate surface area is 115 Å². The summed E-state index contributed by atoms with van der Waals surface area (Å²) in [6.07, 6.45) is 2.40. The molecule has 0 spiro atoms. The van der Waals surface area contributed by atoms with Crippen molar-refractivity contribution in [3.8, 4) is 5.75 Å². The standard InChI is InChI=1S/C15H24N2O2/c1-17(14(10-18)15(16)12-6-7-12)9-11-4-3-5-13(8-11)19-2/h3-5,8,12,14-15,18H,6-7,9-10,16H2,1-2H3. The highest BCUT2D eigenvalue weighted by atomic mass is 16.5. The van der Waals surface area contributed by atoms with E-state index in [2.05, 4.69) is 11.0 Å². The highest BCUT2D eigenvalue weighted by Crippen LogP contribution is 2.34. The van der Waals surface area contributed by atoms with Crippen LogP contribution < -0.4 is 10.5 Å². The Morgan fingerprint density at radius 1 is 1.47 bits per heavy atom. The molecule has 4 nitrogen and oxygen atoms in total. The summed E-state index contributed by atoms with van der Waals surface area (Å²) in [5.41, 5.74) is 7.39. The van der Waals surface area contributed by atoms with Gasteiger partial charge in [-0.1, -0.05) is 12.1 Å². The van der Waals surface area contributed by atoms with Crippen molar-refractivity contribution in [3.05, 3.63) is 29.8 Å². The molecule has 3 N–H and O–H groups in total. The lowest BCUT2D eigenvalue weighted by atomic mass is 10.0. The first-order valence-electron chi connectivity index (χ1n) is 6.85. The van der Waals surface area contributed by atoms with Gasteiger partial charge in [0, 0.05) is 18.6 Å². The summed E-state index contributed by atoms with van der Waals surface area (Å²) in [6.45, 7) is 0.876. The van der Waals surface area contributed by atoms with Gasteiger partial charge < -0.3 is 15.6 Å². The summed E-state index contributed by atoms with van der Waals surface area (Å²) in [4.78, 5) is 2.14. The van der Waals surface area contributed by atoms with Crippen molar-refractivity contribution in [2.75, 3.05) is 20.8 Å². The van der Waals surface area contributed by atoms with Gasteiger partial charge >= 0.3 is 0 Å². The molecule has 106 valence electrons. The molecule has 0 heterocycles. The molecule has 1 aromatic carbocycles. The number of benzene rings is 1. The minimum absolute atomic E-state index is 0.0266. The number of likely N-dealkylation sites (N-methyl/N-ethyl adjacent to an activating group) is 1. The first kappa shape index (κ1) is 14.3. The van der Waals surface area contributed by atoms with Crippen LogP contribution in [0.1, 0.15) is 18.4 Å². The molecule has 1 aliphatic rings. The first-order valence-corrected chi connectivity index (χ1v) is 6.85. The molecule has 0 aromatic heterocycles. The lowest BCUT2D eigenvalue weighted by molar-refractivity contribution is 0.115. The lowest BCUT2D eigenvalue weighted by Crippen LogP contribution is -2.49. The highest BCUT2D eigenvalue weighted by molar-refractivity contribution is 5.28. The minimum atomic E-state index is 0.0266. The normalized spacial score (nSPS) is 18.4. The highest BCUT2D eigenvalue weighted by Gasteiger charge is 2.35. The average molecular weight is 264 g/mol. The fraction of sp³-hybridized carbons (Fsp3) is 0.600. The molecule has 0 amide bonds. The second kappa shape index (κ2) is 6.37. The molecule has 2 atom stereocenters. The molecule has 2 unspecified atom stereocenters. The van der Waals surface area contributed by atoms with E-state index in [-0.39, 0.29) is 18.7 Å². The summed E-state index contributed by atoms with van der Waals surface area (Å²) in [5.74, 6) is 1.45. The van der Waals surface area contributed by atoms with E-state index in [1.54, 1.807) is 7.11 Å². The molecule has 1 saturated carbocycles. The fourth-order valence-corrected chi connectivity index (χ4v) is 2.53. The zero-order valence-electron chi connectivity index (χ0n) is 11.7. The van der Waals surface area contributed by atoms with Crippen molar-refractivity contribution in [2.45, 2.75) is 31.5 Å². The summed E-state index contributed by atoms with van der Waals surface area (Å²) in [5, 5.41) is 9.58. The molecule has 2 rings (SSSR count). The Morgan fingerprint density at radius 3 is 2.79 bits per heavy atom. The van der Waals surface area contributed by atoms with Crippen molar-refractivity contribution < 1.29 is 9.84 Å². The zero-order valence-corrected chi connectivity index (χ0v) is 11.7. The largest absolute Gasteiger partial charge is 0.497 e. The molecule has 1 aliphatic carbocycles. The third-order valence-corrected chi connectivity index (χ3v) is 3.93. The van der Waals surface area contributed by atoms with Gasteiger partial charge in [-0.15, -0.1) is 0 Å². The number of ether oxygens (including phenoxy) is 1. The second-order valence-electron chi connectivity index (χ2n) is 5.43. The van der Waals surface area contributed by atoms with Crippen molar-refractivity contribution >= 4 is 0 Å². The maximum Gasteiger partial charge on any atom is 0.119 e. The Balaban J connectivity index is 1.99. The van der Waals surface area contributed by atoms with Crippen LogP contribution in [0.3, 0.4) is 0 Å². The summed E-state index contributed by atoms with van der Waals surface area (Å²) in [6, 6.07) is 8.10. The van der Waals surface area contributed by atoms with Crippen LogP contribution in [-0.4, -0.2) is 42.9 Å². The van der Waals surface area contributed by atoms with Crippen molar-refractivity contribution in [3.63, 3.8) is 0 Å². The van der Waals surface area contributed by atoms with Crippen molar-refractivity contribution in [1.82, 2.24) is 4.90 Å². The van der Waals surface area contributed by atoms with Crippen LogP contribution in [0.4, 0.5) is 0 Å². The number of aliphatic hydroxyl groups excluding tert-OH is 1. The first-order chi connectivity index (χ1) is 9.15. The Bertz CT molecular complexity index is 407. The van der Waals surface area contributed by atoms with E-state index in [9.17, 15) is 5.11 Å². The number of hydrogen-bond acceptors (Lipinski definition) is 4. The molecule has 0 saturated heterocycles. The number of hydrogen-bond donors (Lipinski definition) is 2. The van der Waals surface area contributed by atoms with Crippen molar-refractivity contribution in [2.24, 2.45) is 11.7 Å². The molecule has 4 heteroatoms. The topological polar surface area (TPSA) is 58.7 Å². The smallest absolute Gasteiger partial charge is 0.119 e. The molecular formula is C15H24N2O2. The molecule has 1 aromatic rings. The third kappa shape index (κ3) is 3.69. The van der Waals surface area contributed by atoms with Gasteiger partial charge in [0.25, 0.3) is 0 Å². The molecule has 19 heavy (non-hydrogen) atoms. The molecule has 1 fully saturated rings. The molecule has 0 radical (unpaired) electrons. The van der Waals surface area contributed by atoms with Gasteiger partial charge in [0.2, 0.25) is 0 Å². The maximum absolute atomic E-state index is 9.58. The number of methoxy groups -OCH3 is 1. The predicted octanol–water partition coefficient (Wildman–Crippen LogP) is 1.23. The quantitative estimate of drug-likeness (QED) is 0.777. The minimum Gasteiger partial charge on any atom is -0.497 e. The summed E-state index contributed by atoms with van der Waals surface area (Å²) < 4.78 is 5.23. The van der Waals surface area contributed by atoms with Gasteiger partial charge in [-0.2, -0.15) is 0 Å². The number of nitrogens with zero attached hydrogens (tertiary/aromatic N) is 1. The van der Waals surface area contributed by atoms with Crippen LogP contribution in [0.15, 0.2) is 24.3 Å². The van der Waals surface area contributed by atoms with Gasteiger partial charge in [-0.05, 0) is 43.5 Å². The molecule has 0 aliphatic heterocycles. The van der Waals surface area contributed by atoms with Crippen LogP contribution in [0.25, 0.3) is 0 Å². The van der Waals surface area contributed by atoms with E-state index >= 15 is 0 Å². The van der Waals surface area contributed by atoms with Crippen LogP contribution in [0.2, 0.25) is 0 Å². The monoisotopic (exact) mass is 264 g/mol. The Kier molecular flexibility index (Phi) is 4.80. The molecule has 0 bridgehead atoms. The number of nitrogens with two attached hydrogens (primary N) is 1.